The number of phenols is 1. The van der Waals surface area contributed by atoms with Gasteiger partial charge in [0.15, 0.2) is 28.8 Å². The number of methoxy groups -OCH3 is 4. The standard InChI is InChI=1S/C19H18O7/c1-8-6-9-12(18(25-4)14(8)20)16(22)13-10(15(9)21)7-11(23-2)17(24-3)19(13)26-5/h6-7,20H,1-5H3. The van der Waals surface area contributed by atoms with Gasteiger partial charge in [-0.1, -0.05) is 0 Å². The number of aryl methyl sites for hydroxylation is 1. The molecule has 0 heterocycles. The van der Waals surface area contributed by atoms with Gasteiger partial charge in [0.1, 0.15) is 0 Å². The number of ketones is 2. The molecule has 2 aromatic carbocycles. The van der Waals surface area contributed by atoms with Gasteiger partial charge in [0.25, 0.3) is 0 Å². The van der Waals surface area contributed by atoms with Crippen LogP contribution in [0.3, 0.4) is 0 Å². The number of rotatable bonds is 4. The van der Waals surface area contributed by atoms with Crippen molar-refractivity contribution in [1.29, 1.82) is 0 Å². The maximum atomic E-state index is 13.2. The lowest BCUT2D eigenvalue weighted by atomic mass is 9.81. The van der Waals surface area contributed by atoms with Crippen molar-refractivity contribution in [3.8, 4) is 28.7 Å². The predicted molar refractivity (Wildman–Crippen MR) is 92.4 cm³/mol. The minimum atomic E-state index is -0.500. The van der Waals surface area contributed by atoms with E-state index in [9.17, 15) is 14.7 Å². The monoisotopic (exact) mass is 358 g/mol. The summed E-state index contributed by atoms with van der Waals surface area (Å²) in [6.45, 7) is 1.63. The molecule has 0 radical (unpaired) electrons. The van der Waals surface area contributed by atoms with E-state index in [4.69, 9.17) is 18.9 Å². The van der Waals surface area contributed by atoms with Crippen LogP contribution in [-0.2, 0) is 0 Å². The maximum absolute atomic E-state index is 13.2. The molecular weight excluding hydrogens is 340 g/mol. The molecule has 0 aliphatic heterocycles. The molecule has 7 nitrogen and oxygen atoms in total. The van der Waals surface area contributed by atoms with Gasteiger partial charge in [-0.15, -0.1) is 0 Å². The van der Waals surface area contributed by atoms with Gasteiger partial charge in [0.05, 0.1) is 39.6 Å². The highest BCUT2D eigenvalue weighted by Crippen LogP contribution is 2.48. The fraction of sp³-hybridized carbons (Fsp3) is 0.263. The van der Waals surface area contributed by atoms with Crippen LogP contribution in [0.1, 0.15) is 37.4 Å². The molecule has 0 atom stereocenters. The van der Waals surface area contributed by atoms with Gasteiger partial charge in [-0.3, -0.25) is 9.59 Å². The second-order valence-corrected chi connectivity index (χ2v) is 5.72. The summed E-state index contributed by atoms with van der Waals surface area (Å²) in [5, 5.41) is 10.3. The van der Waals surface area contributed by atoms with Gasteiger partial charge in [-0.25, -0.2) is 0 Å². The first-order valence-corrected chi connectivity index (χ1v) is 7.74. The van der Waals surface area contributed by atoms with E-state index < -0.39 is 11.6 Å². The largest absolute Gasteiger partial charge is 0.504 e. The Morgan fingerprint density at radius 2 is 1.27 bits per heavy atom. The van der Waals surface area contributed by atoms with E-state index in [0.29, 0.717) is 5.56 Å². The first-order chi connectivity index (χ1) is 12.4. The summed E-state index contributed by atoms with van der Waals surface area (Å²) in [5.74, 6) is -0.553. The van der Waals surface area contributed by atoms with Gasteiger partial charge >= 0.3 is 0 Å². The van der Waals surface area contributed by atoms with Crippen molar-refractivity contribution >= 4 is 11.6 Å². The average molecular weight is 358 g/mol. The second kappa shape index (κ2) is 6.25. The van der Waals surface area contributed by atoms with E-state index in [1.165, 1.54) is 40.6 Å². The number of aromatic hydroxyl groups is 1. The van der Waals surface area contributed by atoms with Crippen molar-refractivity contribution in [3.63, 3.8) is 0 Å². The third kappa shape index (κ3) is 2.20. The fourth-order valence-electron chi connectivity index (χ4n) is 3.21. The zero-order valence-corrected chi connectivity index (χ0v) is 15.1. The van der Waals surface area contributed by atoms with Gasteiger partial charge in [-0.05, 0) is 24.6 Å². The number of fused-ring (bicyclic) bond motifs is 2. The number of phenolic OH excluding ortho intramolecular Hbond substituents is 1. The molecule has 26 heavy (non-hydrogen) atoms. The number of ether oxygens (including phenoxy) is 4. The van der Waals surface area contributed by atoms with Crippen LogP contribution in [0, 0.1) is 6.92 Å². The first-order valence-electron chi connectivity index (χ1n) is 7.74. The molecule has 0 bridgehead atoms. The number of carbonyl (C=O) groups is 2. The molecule has 0 saturated carbocycles. The zero-order chi connectivity index (χ0) is 19.2. The SMILES string of the molecule is COc1cc2c(c(OC)c1OC)C(=O)c1c(cc(C)c(O)c1OC)C2=O. The zero-order valence-electron chi connectivity index (χ0n) is 15.1. The highest BCUT2D eigenvalue weighted by atomic mass is 16.5. The summed E-state index contributed by atoms with van der Waals surface area (Å²) in [5.41, 5.74) is 0.772. The van der Waals surface area contributed by atoms with Crippen LogP contribution in [0.2, 0.25) is 0 Å². The molecule has 3 rings (SSSR count). The lowest BCUT2D eigenvalue weighted by Gasteiger charge is -2.24. The third-order valence-electron chi connectivity index (χ3n) is 4.42. The van der Waals surface area contributed by atoms with E-state index in [-0.39, 0.29) is 51.0 Å². The predicted octanol–water partition coefficient (Wildman–Crippen LogP) is 2.51. The van der Waals surface area contributed by atoms with Crippen molar-refractivity contribution in [3.05, 3.63) is 39.9 Å². The average Bonchev–Trinajstić information content (AvgIpc) is 2.65. The topological polar surface area (TPSA) is 91.3 Å². The number of hydrogen-bond acceptors (Lipinski definition) is 7. The molecule has 2 aromatic rings. The Morgan fingerprint density at radius 1 is 0.731 bits per heavy atom. The summed E-state index contributed by atoms with van der Waals surface area (Å²) in [7, 11) is 5.53. The Balaban J connectivity index is 2.43. The van der Waals surface area contributed by atoms with E-state index in [1.807, 2.05) is 0 Å². The normalized spacial score (nSPS) is 12.3. The van der Waals surface area contributed by atoms with Crippen LogP contribution >= 0.6 is 0 Å². The first kappa shape index (κ1) is 17.6. The van der Waals surface area contributed by atoms with Crippen molar-refractivity contribution in [2.75, 3.05) is 28.4 Å². The molecular formula is C19H18O7. The Bertz CT molecular complexity index is 944. The number of carbonyl (C=O) groups excluding carboxylic acids is 2. The van der Waals surface area contributed by atoms with Crippen LogP contribution < -0.4 is 18.9 Å². The van der Waals surface area contributed by atoms with E-state index in [1.54, 1.807) is 6.92 Å². The fourth-order valence-corrected chi connectivity index (χ4v) is 3.21. The second-order valence-electron chi connectivity index (χ2n) is 5.72. The summed E-state index contributed by atoms with van der Waals surface area (Å²) in [4.78, 5) is 26.3. The lowest BCUT2D eigenvalue weighted by molar-refractivity contribution is 0.0972. The third-order valence-corrected chi connectivity index (χ3v) is 4.42. The Hall–Kier alpha value is -3.22. The minimum absolute atomic E-state index is 0.00128. The molecule has 0 saturated heterocycles. The molecule has 0 unspecified atom stereocenters. The van der Waals surface area contributed by atoms with Gasteiger partial charge in [0.2, 0.25) is 11.5 Å². The van der Waals surface area contributed by atoms with Gasteiger partial charge < -0.3 is 24.1 Å². The van der Waals surface area contributed by atoms with Crippen LogP contribution in [0.4, 0.5) is 0 Å². The summed E-state index contributed by atoms with van der Waals surface area (Å²) in [6, 6.07) is 2.92. The Kier molecular flexibility index (Phi) is 4.23. The summed E-state index contributed by atoms with van der Waals surface area (Å²) in [6.07, 6.45) is 0. The number of hydrogen-bond donors (Lipinski definition) is 1. The molecule has 0 amide bonds. The molecule has 1 aliphatic rings. The summed E-state index contributed by atoms with van der Waals surface area (Å²) >= 11 is 0. The van der Waals surface area contributed by atoms with Crippen LogP contribution in [0.15, 0.2) is 12.1 Å². The lowest BCUT2D eigenvalue weighted by Crippen LogP contribution is -2.23. The number of benzene rings is 2. The van der Waals surface area contributed by atoms with Gasteiger partial charge in [-0.2, -0.15) is 0 Å². The molecule has 1 N–H and O–H groups in total. The molecule has 136 valence electrons. The maximum Gasteiger partial charge on any atom is 0.204 e. The van der Waals surface area contributed by atoms with Crippen molar-refractivity contribution < 1.29 is 33.6 Å². The van der Waals surface area contributed by atoms with Crippen molar-refractivity contribution in [1.82, 2.24) is 0 Å². The smallest absolute Gasteiger partial charge is 0.204 e. The molecule has 0 fully saturated rings. The molecule has 0 spiro atoms. The van der Waals surface area contributed by atoms with E-state index in [2.05, 4.69) is 0 Å². The highest BCUT2D eigenvalue weighted by Gasteiger charge is 2.39. The minimum Gasteiger partial charge on any atom is -0.504 e. The van der Waals surface area contributed by atoms with E-state index in [0.717, 1.165) is 0 Å². The van der Waals surface area contributed by atoms with Gasteiger partial charge in [0, 0.05) is 11.1 Å². The molecule has 7 heteroatoms. The quantitative estimate of drug-likeness (QED) is 0.766. The Labute approximate surface area is 150 Å². The van der Waals surface area contributed by atoms with Crippen LogP contribution in [0.25, 0.3) is 0 Å². The molecule has 1 aliphatic carbocycles. The summed E-state index contributed by atoms with van der Waals surface area (Å²) < 4.78 is 21.1. The van der Waals surface area contributed by atoms with Crippen LogP contribution in [-0.4, -0.2) is 45.1 Å². The Morgan fingerprint density at radius 3 is 1.81 bits per heavy atom. The van der Waals surface area contributed by atoms with E-state index >= 15 is 0 Å². The molecule has 0 aromatic heterocycles. The van der Waals surface area contributed by atoms with Crippen molar-refractivity contribution in [2.24, 2.45) is 0 Å². The van der Waals surface area contributed by atoms with Crippen molar-refractivity contribution in [2.45, 2.75) is 6.92 Å². The highest BCUT2D eigenvalue weighted by molar-refractivity contribution is 6.31. The van der Waals surface area contributed by atoms with Crippen LogP contribution in [0.5, 0.6) is 28.7 Å².